The molecule has 184 valence electrons. The van der Waals surface area contributed by atoms with E-state index in [-0.39, 0.29) is 42.0 Å². The summed E-state index contributed by atoms with van der Waals surface area (Å²) in [5.74, 6) is -2.62. The van der Waals surface area contributed by atoms with E-state index in [2.05, 4.69) is 19.9 Å². The summed E-state index contributed by atoms with van der Waals surface area (Å²) in [4.78, 5) is 27.7. The molecular formula is C25H28F2N6O2. The van der Waals surface area contributed by atoms with Gasteiger partial charge in [-0.2, -0.15) is 0 Å². The maximum Gasteiger partial charge on any atom is 0.187 e. The van der Waals surface area contributed by atoms with Crippen molar-refractivity contribution >= 4 is 17.2 Å². The fraction of sp³-hybridized carbons (Fsp3) is 0.360. The molecule has 8 nitrogen and oxygen atoms in total. The van der Waals surface area contributed by atoms with E-state index in [1.807, 2.05) is 13.0 Å². The lowest BCUT2D eigenvalue weighted by molar-refractivity contribution is 0.0989. The lowest BCUT2D eigenvalue weighted by Gasteiger charge is -2.33. The van der Waals surface area contributed by atoms with Gasteiger partial charge in [0.15, 0.2) is 23.2 Å². The third-order valence-corrected chi connectivity index (χ3v) is 5.85. The molecule has 10 heteroatoms. The molecule has 0 spiro atoms. The van der Waals surface area contributed by atoms with Crippen molar-refractivity contribution < 1.29 is 18.3 Å². The molecule has 1 fully saturated rings. The van der Waals surface area contributed by atoms with Crippen LogP contribution in [-0.4, -0.2) is 46.5 Å². The molecule has 2 aromatic heterocycles. The van der Waals surface area contributed by atoms with Gasteiger partial charge < -0.3 is 21.1 Å². The van der Waals surface area contributed by atoms with E-state index in [4.69, 9.17) is 16.2 Å². The maximum atomic E-state index is 15.0. The average Bonchev–Trinajstić information content (AvgIpc) is 2.85. The first-order chi connectivity index (χ1) is 16.9. The number of halogens is 2. The predicted molar refractivity (Wildman–Crippen MR) is 129 cm³/mol. The minimum absolute atomic E-state index is 0.0170. The summed E-state index contributed by atoms with van der Waals surface area (Å²) in [6.07, 6.45) is 7.00. The largest absolute Gasteiger partial charge is 0.491 e. The molecule has 0 saturated carbocycles. The number of anilines is 2. The second-order valence-corrected chi connectivity index (χ2v) is 8.53. The molecule has 1 aliphatic rings. The number of hydrogen-bond donors (Lipinski definition) is 2. The molecule has 3 heterocycles. The van der Waals surface area contributed by atoms with Gasteiger partial charge in [-0.3, -0.25) is 9.78 Å². The number of hydrogen-bond acceptors (Lipinski definition) is 8. The first kappa shape index (κ1) is 24.5. The van der Waals surface area contributed by atoms with Crippen LogP contribution in [0.25, 0.3) is 11.4 Å². The Hall–Kier alpha value is -3.66. The Labute approximate surface area is 202 Å². The third kappa shape index (κ3) is 5.37. The van der Waals surface area contributed by atoms with Crippen molar-refractivity contribution in [2.24, 2.45) is 5.73 Å². The van der Waals surface area contributed by atoms with E-state index < -0.39 is 23.0 Å². The van der Waals surface area contributed by atoms with Gasteiger partial charge >= 0.3 is 0 Å². The SMILES string of the molecule is CCCOc1ccc(F)c(-c2ncc(N)c(C(=O)Cc3cnccc3N3CCC[C@H](N)C3)n2)c1F. The second-order valence-electron chi connectivity index (χ2n) is 8.53. The summed E-state index contributed by atoms with van der Waals surface area (Å²) in [6, 6.07) is 4.20. The summed E-state index contributed by atoms with van der Waals surface area (Å²) < 4.78 is 35.0. The molecule has 0 unspecified atom stereocenters. The molecule has 1 saturated heterocycles. The van der Waals surface area contributed by atoms with Crippen LogP contribution in [0.5, 0.6) is 5.75 Å². The first-order valence-corrected chi connectivity index (χ1v) is 11.6. The number of nitrogens with two attached hydrogens (primary N) is 2. The normalized spacial score (nSPS) is 15.8. The minimum Gasteiger partial charge on any atom is -0.491 e. The van der Waals surface area contributed by atoms with Crippen LogP contribution in [0.1, 0.15) is 42.2 Å². The standard InChI is InChI=1S/C25H28F2N6O2/c1-2-10-35-21-6-5-17(26)22(23(21)27)25-31-13-18(29)24(32-25)20(34)11-15-12-30-8-7-19(15)33-9-3-4-16(28)14-33/h5-8,12-13,16H,2-4,9-11,14,28-29H2,1H3/t16-/m0/s1. The van der Waals surface area contributed by atoms with Crippen molar-refractivity contribution in [1.82, 2.24) is 15.0 Å². The molecule has 1 atom stereocenters. The zero-order valence-corrected chi connectivity index (χ0v) is 19.5. The number of rotatable bonds is 8. The summed E-state index contributed by atoms with van der Waals surface area (Å²) in [5.41, 5.74) is 13.1. The fourth-order valence-electron chi connectivity index (χ4n) is 4.15. The second kappa shape index (κ2) is 10.7. The number of nitrogen functional groups attached to an aromatic ring is 1. The van der Waals surface area contributed by atoms with Gasteiger partial charge in [0.05, 0.1) is 24.1 Å². The van der Waals surface area contributed by atoms with Crippen LogP contribution in [0.2, 0.25) is 0 Å². The van der Waals surface area contributed by atoms with Crippen LogP contribution in [-0.2, 0) is 6.42 Å². The first-order valence-electron chi connectivity index (χ1n) is 11.6. The summed E-state index contributed by atoms with van der Waals surface area (Å²) >= 11 is 0. The molecule has 0 radical (unpaired) electrons. The molecular weight excluding hydrogens is 454 g/mol. The summed E-state index contributed by atoms with van der Waals surface area (Å²) in [6.45, 7) is 3.65. The zero-order valence-electron chi connectivity index (χ0n) is 19.5. The Morgan fingerprint density at radius 1 is 1.26 bits per heavy atom. The fourth-order valence-corrected chi connectivity index (χ4v) is 4.15. The van der Waals surface area contributed by atoms with Gasteiger partial charge in [-0.15, -0.1) is 0 Å². The molecule has 3 aromatic rings. The number of carbonyl (C=O) groups excluding carboxylic acids is 1. The highest BCUT2D eigenvalue weighted by atomic mass is 19.1. The minimum atomic E-state index is -0.933. The smallest absolute Gasteiger partial charge is 0.187 e. The molecule has 35 heavy (non-hydrogen) atoms. The van der Waals surface area contributed by atoms with Crippen molar-refractivity contribution in [2.45, 2.75) is 38.6 Å². The highest BCUT2D eigenvalue weighted by Crippen LogP contribution is 2.31. The molecule has 1 aliphatic heterocycles. The van der Waals surface area contributed by atoms with Gasteiger partial charge in [-0.1, -0.05) is 6.92 Å². The number of ketones is 1. The van der Waals surface area contributed by atoms with Crippen LogP contribution >= 0.6 is 0 Å². The van der Waals surface area contributed by atoms with E-state index in [9.17, 15) is 9.18 Å². The van der Waals surface area contributed by atoms with Gasteiger partial charge in [0.25, 0.3) is 0 Å². The lowest BCUT2D eigenvalue weighted by Crippen LogP contribution is -2.43. The van der Waals surface area contributed by atoms with Gasteiger partial charge in [0, 0.05) is 49.2 Å². The van der Waals surface area contributed by atoms with Gasteiger partial charge in [0.2, 0.25) is 0 Å². The van der Waals surface area contributed by atoms with Gasteiger partial charge in [0.1, 0.15) is 11.5 Å². The topological polar surface area (TPSA) is 120 Å². The number of piperidine rings is 1. The number of aromatic nitrogens is 3. The number of pyridine rings is 1. The highest BCUT2D eigenvalue weighted by Gasteiger charge is 2.24. The van der Waals surface area contributed by atoms with Gasteiger partial charge in [-0.05, 0) is 37.5 Å². The van der Waals surface area contributed by atoms with Crippen LogP contribution in [0.4, 0.5) is 20.2 Å². The number of benzene rings is 1. The Kier molecular flexibility index (Phi) is 7.50. The molecule has 1 aromatic carbocycles. The molecule has 4 rings (SSSR count). The molecule has 0 aliphatic carbocycles. The summed E-state index contributed by atoms with van der Waals surface area (Å²) in [5, 5.41) is 0. The number of nitrogens with zero attached hydrogens (tertiary/aromatic N) is 4. The quantitative estimate of drug-likeness (QED) is 0.468. The number of Topliss-reactive ketones (excluding diaryl/α,β-unsaturated/α-hetero) is 1. The Bertz CT molecular complexity index is 1220. The maximum absolute atomic E-state index is 15.0. The molecule has 0 amide bonds. The van der Waals surface area contributed by atoms with E-state index in [1.54, 1.807) is 12.4 Å². The average molecular weight is 483 g/mol. The van der Waals surface area contributed by atoms with E-state index in [1.165, 1.54) is 12.3 Å². The van der Waals surface area contributed by atoms with Gasteiger partial charge in [-0.25, -0.2) is 18.7 Å². The molecule has 4 N–H and O–H groups in total. The van der Waals surface area contributed by atoms with Crippen LogP contribution in [0.15, 0.2) is 36.8 Å². The van der Waals surface area contributed by atoms with Crippen molar-refractivity contribution in [1.29, 1.82) is 0 Å². The summed E-state index contributed by atoms with van der Waals surface area (Å²) in [7, 11) is 0. The van der Waals surface area contributed by atoms with Crippen molar-refractivity contribution in [3.63, 3.8) is 0 Å². The Morgan fingerprint density at radius 3 is 2.86 bits per heavy atom. The van der Waals surface area contributed by atoms with E-state index >= 15 is 4.39 Å². The van der Waals surface area contributed by atoms with E-state index in [0.29, 0.717) is 18.5 Å². The Balaban J connectivity index is 1.64. The van der Waals surface area contributed by atoms with Crippen LogP contribution in [0.3, 0.4) is 0 Å². The highest BCUT2D eigenvalue weighted by molar-refractivity contribution is 6.00. The predicted octanol–water partition coefficient (Wildman–Crippen LogP) is 3.54. The van der Waals surface area contributed by atoms with Crippen LogP contribution < -0.4 is 21.1 Å². The third-order valence-electron chi connectivity index (χ3n) is 5.85. The van der Waals surface area contributed by atoms with E-state index in [0.717, 1.165) is 31.1 Å². The van der Waals surface area contributed by atoms with Crippen LogP contribution in [0, 0.1) is 11.6 Å². The lowest BCUT2D eigenvalue weighted by atomic mass is 10.0. The van der Waals surface area contributed by atoms with Crippen molar-refractivity contribution in [2.75, 3.05) is 30.3 Å². The monoisotopic (exact) mass is 482 g/mol. The van der Waals surface area contributed by atoms with Crippen molar-refractivity contribution in [3.05, 3.63) is 59.7 Å². The molecule has 0 bridgehead atoms. The van der Waals surface area contributed by atoms with Crippen molar-refractivity contribution in [3.8, 4) is 17.1 Å². The Morgan fingerprint density at radius 2 is 2.09 bits per heavy atom. The zero-order chi connectivity index (χ0) is 24.9. The number of ether oxygens (including phenoxy) is 1. The number of carbonyl (C=O) groups is 1.